The second-order valence-electron chi connectivity index (χ2n) is 8.15. The quantitative estimate of drug-likeness (QED) is 0.612. The lowest BCUT2D eigenvalue weighted by atomic mass is 10.2. The first-order valence-electron chi connectivity index (χ1n) is 11.1. The number of aryl methyl sites for hydroxylation is 2. The number of aromatic nitrogens is 2. The smallest absolute Gasteiger partial charge is 0.220 e. The fraction of sp³-hybridized carbons (Fsp3) is 0.360. The Bertz CT molecular complexity index is 976. The number of hydrogen-bond donors (Lipinski definition) is 1. The first-order valence-corrected chi connectivity index (χ1v) is 11.1. The van der Waals surface area contributed by atoms with Crippen LogP contribution in [0.5, 0.6) is 0 Å². The third-order valence-corrected chi connectivity index (χ3v) is 5.79. The number of anilines is 1. The van der Waals surface area contributed by atoms with E-state index >= 15 is 0 Å². The van der Waals surface area contributed by atoms with Crippen molar-refractivity contribution in [3.05, 3.63) is 78.1 Å². The van der Waals surface area contributed by atoms with Crippen LogP contribution in [0.1, 0.15) is 17.5 Å². The normalized spacial score (nSPS) is 14.5. The minimum Gasteiger partial charge on any atom is -0.369 e. The molecule has 162 valence electrons. The third-order valence-electron chi connectivity index (χ3n) is 5.79. The zero-order chi connectivity index (χ0) is 21.5. The van der Waals surface area contributed by atoms with Gasteiger partial charge in [-0.05, 0) is 48.7 Å². The average Bonchev–Trinajstić information content (AvgIpc) is 3.28. The topological polar surface area (TPSA) is 53.4 Å². The molecule has 1 aliphatic heterocycles. The van der Waals surface area contributed by atoms with E-state index in [0.717, 1.165) is 44.0 Å². The predicted octanol–water partition coefficient (Wildman–Crippen LogP) is 3.05. The highest BCUT2D eigenvalue weighted by Crippen LogP contribution is 2.17. The number of amides is 1. The molecule has 6 heteroatoms. The van der Waals surface area contributed by atoms with E-state index in [1.807, 2.05) is 47.4 Å². The molecule has 1 aromatic heterocycles. The van der Waals surface area contributed by atoms with Gasteiger partial charge < -0.3 is 10.2 Å². The molecule has 1 amide bonds. The van der Waals surface area contributed by atoms with Gasteiger partial charge in [0.25, 0.3) is 0 Å². The third kappa shape index (κ3) is 5.95. The van der Waals surface area contributed by atoms with E-state index in [0.29, 0.717) is 19.4 Å². The van der Waals surface area contributed by atoms with Gasteiger partial charge in [-0.3, -0.25) is 9.69 Å². The highest BCUT2D eigenvalue weighted by Gasteiger charge is 2.17. The highest BCUT2D eigenvalue weighted by atomic mass is 16.1. The summed E-state index contributed by atoms with van der Waals surface area (Å²) in [5.74, 6) is 0.103. The maximum absolute atomic E-state index is 12.2. The largest absolute Gasteiger partial charge is 0.369 e. The Hall–Kier alpha value is -3.12. The fourth-order valence-corrected chi connectivity index (χ4v) is 3.97. The van der Waals surface area contributed by atoms with Crippen molar-refractivity contribution in [3.63, 3.8) is 0 Å². The van der Waals surface area contributed by atoms with Crippen molar-refractivity contribution in [2.45, 2.75) is 19.8 Å². The molecule has 0 radical (unpaired) electrons. The van der Waals surface area contributed by atoms with E-state index < -0.39 is 0 Å². The number of carbonyl (C=O) groups excluding carboxylic acids is 1. The van der Waals surface area contributed by atoms with Crippen LogP contribution in [0.4, 0.5) is 5.69 Å². The zero-order valence-corrected chi connectivity index (χ0v) is 18.2. The molecule has 2 heterocycles. The van der Waals surface area contributed by atoms with E-state index in [1.54, 1.807) is 0 Å². The Morgan fingerprint density at radius 2 is 1.77 bits per heavy atom. The van der Waals surface area contributed by atoms with E-state index in [9.17, 15) is 4.79 Å². The van der Waals surface area contributed by atoms with E-state index in [4.69, 9.17) is 0 Å². The maximum atomic E-state index is 12.2. The van der Waals surface area contributed by atoms with Crippen LogP contribution in [0.3, 0.4) is 0 Å². The van der Waals surface area contributed by atoms with Crippen LogP contribution in [0.2, 0.25) is 0 Å². The lowest BCUT2D eigenvalue weighted by Crippen LogP contribution is -2.48. The molecule has 31 heavy (non-hydrogen) atoms. The highest BCUT2D eigenvalue weighted by molar-refractivity contribution is 5.76. The van der Waals surface area contributed by atoms with Crippen molar-refractivity contribution in [1.82, 2.24) is 20.0 Å². The molecule has 4 rings (SSSR count). The van der Waals surface area contributed by atoms with Gasteiger partial charge in [-0.25, -0.2) is 4.68 Å². The minimum absolute atomic E-state index is 0.103. The average molecular weight is 418 g/mol. The minimum atomic E-state index is 0.103. The number of para-hydroxylation sites is 1. The van der Waals surface area contributed by atoms with Crippen molar-refractivity contribution in [2.24, 2.45) is 0 Å². The molecular weight excluding hydrogens is 386 g/mol. The molecule has 0 atom stereocenters. The molecule has 0 aliphatic carbocycles. The van der Waals surface area contributed by atoms with Crippen molar-refractivity contribution >= 4 is 11.6 Å². The molecular formula is C25H31N5O. The van der Waals surface area contributed by atoms with Gasteiger partial charge in [0.2, 0.25) is 5.91 Å². The van der Waals surface area contributed by atoms with E-state index in [1.165, 1.54) is 11.3 Å². The van der Waals surface area contributed by atoms with Gasteiger partial charge >= 0.3 is 0 Å². The van der Waals surface area contributed by atoms with Gasteiger partial charge in [0, 0.05) is 57.6 Å². The Kier molecular flexibility index (Phi) is 6.99. The van der Waals surface area contributed by atoms with Crippen LogP contribution in [-0.2, 0) is 11.2 Å². The van der Waals surface area contributed by atoms with Crippen LogP contribution < -0.4 is 10.2 Å². The summed E-state index contributed by atoms with van der Waals surface area (Å²) >= 11 is 0. The summed E-state index contributed by atoms with van der Waals surface area (Å²) in [5, 5.41) is 7.46. The molecule has 2 aromatic carbocycles. The number of benzene rings is 2. The summed E-state index contributed by atoms with van der Waals surface area (Å²) < 4.78 is 1.85. The first kappa shape index (κ1) is 21.1. The van der Waals surface area contributed by atoms with Gasteiger partial charge in [0.05, 0.1) is 11.9 Å². The zero-order valence-electron chi connectivity index (χ0n) is 18.2. The van der Waals surface area contributed by atoms with Gasteiger partial charge in [0.1, 0.15) is 0 Å². The second-order valence-corrected chi connectivity index (χ2v) is 8.15. The molecule has 0 saturated carbocycles. The fourth-order valence-electron chi connectivity index (χ4n) is 3.97. The summed E-state index contributed by atoms with van der Waals surface area (Å²) in [6.45, 7) is 7.86. The van der Waals surface area contributed by atoms with Gasteiger partial charge in [-0.2, -0.15) is 5.10 Å². The summed E-state index contributed by atoms with van der Waals surface area (Å²) in [4.78, 5) is 17.1. The van der Waals surface area contributed by atoms with Crippen molar-refractivity contribution in [1.29, 1.82) is 0 Å². The number of nitrogens with one attached hydrogen (secondary N) is 1. The maximum Gasteiger partial charge on any atom is 0.220 e. The monoisotopic (exact) mass is 417 g/mol. The Labute approximate surface area is 184 Å². The number of rotatable bonds is 8. The first-order chi connectivity index (χ1) is 15.2. The number of carbonyl (C=O) groups is 1. The number of hydrogen-bond acceptors (Lipinski definition) is 4. The summed E-state index contributed by atoms with van der Waals surface area (Å²) in [6, 6.07) is 18.7. The molecule has 0 bridgehead atoms. The van der Waals surface area contributed by atoms with E-state index in [2.05, 4.69) is 51.4 Å². The second kappa shape index (κ2) is 10.3. The van der Waals surface area contributed by atoms with Crippen LogP contribution in [0.15, 0.2) is 67.0 Å². The summed E-state index contributed by atoms with van der Waals surface area (Å²) in [6.07, 6.45) is 5.03. The van der Waals surface area contributed by atoms with Crippen molar-refractivity contribution < 1.29 is 4.79 Å². The molecule has 6 nitrogen and oxygen atoms in total. The Morgan fingerprint density at radius 1 is 1.00 bits per heavy atom. The van der Waals surface area contributed by atoms with Crippen LogP contribution in [0.25, 0.3) is 5.69 Å². The lowest BCUT2D eigenvalue weighted by molar-refractivity contribution is -0.121. The SMILES string of the molecule is Cc1cccc(N2CCN(CCNC(=O)CCc3cnn(-c4ccccc4)c3)CC2)c1. The van der Waals surface area contributed by atoms with Gasteiger partial charge in [0.15, 0.2) is 0 Å². The van der Waals surface area contributed by atoms with Crippen LogP contribution in [0, 0.1) is 6.92 Å². The predicted molar refractivity (Wildman–Crippen MR) is 125 cm³/mol. The Morgan fingerprint density at radius 3 is 2.55 bits per heavy atom. The Balaban J connectivity index is 1.13. The molecule has 3 aromatic rings. The molecule has 1 aliphatic rings. The standard InChI is InChI=1S/C25H31N5O/c1-21-6-5-9-24(18-21)29-16-14-28(15-17-29)13-12-26-25(31)11-10-22-19-27-30(20-22)23-7-3-2-4-8-23/h2-9,18-20H,10-17H2,1H3,(H,26,31). The molecule has 1 N–H and O–H groups in total. The number of piperazine rings is 1. The lowest BCUT2D eigenvalue weighted by Gasteiger charge is -2.36. The molecule has 1 fully saturated rings. The number of nitrogens with zero attached hydrogens (tertiary/aromatic N) is 4. The van der Waals surface area contributed by atoms with Gasteiger partial charge in [-0.15, -0.1) is 0 Å². The summed E-state index contributed by atoms with van der Waals surface area (Å²) in [5.41, 5.74) is 4.71. The molecule has 1 saturated heterocycles. The van der Waals surface area contributed by atoms with E-state index in [-0.39, 0.29) is 5.91 Å². The molecule has 0 unspecified atom stereocenters. The van der Waals surface area contributed by atoms with Crippen molar-refractivity contribution in [2.75, 3.05) is 44.2 Å². The van der Waals surface area contributed by atoms with Crippen molar-refractivity contribution in [3.8, 4) is 5.69 Å². The van der Waals surface area contributed by atoms with Gasteiger partial charge in [-0.1, -0.05) is 30.3 Å². The van der Waals surface area contributed by atoms with Crippen LogP contribution >= 0.6 is 0 Å². The van der Waals surface area contributed by atoms with Crippen LogP contribution in [-0.4, -0.2) is 59.9 Å². The molecule has 0 spiro atoms. The summed E-state index contributed by atoms with van der Waals surface area (Å²) in [7, 11) is 0.